The summed E-state index contributed by atoms with van der Waals surface area (Å²) >= 11 is 0. The number of esters is 1. The summed E-state index contributed by atoms with van der Waals surface area (Å²) in [6.07, 6.45) is 1.86. The van der Waals surface area contributed by atoms with Gasteiger partial charge in [-0.15, -0.1) is 0 Å². The molecule has 1 saturated heterocycles. The molecule has 1 aliphatic heterocycles. The third-order valence-corrected chi connectivity index (χ3v) is 2.73. The van der Waals surface area contributed by atoms with Crippen LogP contribution >= 0.6 is 0 Å². The van der Waals surface area contributed by atoms with Crippen molar-refractivity contribution in [2.24, 2.45) is 0 Å². The fraction of sp³-hybridized carbons (Fsp3) is 0.727. The molecular weight excluding hydrogens is 224 g/mol. The van der Waals surface area contributed by atoms with Gasteiger partial charge >= 0.3 is 17.8 Å². The number of carbonyl (C=O) groups is 3. The maximum atomic E-state index is 11.7. The molecule has 0 aliphatic carbocycles. The van der Waals surface area contributed by atoms with E-state index in [1.54, 1.807) is 4.90 Å². The molecule has 0 saturated carbocycles. The molecule has 2 amide bonds. The first-order valence-corrected chi connectivity index (χ1v) is 5.75. The number of methoxy groups -OCH3 is 1. The van der Waals surface area contributed by atoms with Crippen LogP contribution in [-0.2, 0) is 19.1 Å². The largest absolute Gasteiger partial charge is 0.468 e. The molecular formula is C11H18N2O4. The van der Waals surface area contributed by atoms with Crippen molar-refractivity contribution < 1.29 is 19.1 Å². The highest BCUT2D eigenvalue weighted by Gasteiger charge is 2.33. The molecule has 6 nitrogen and oxygen atoms in total. The van der Waals surface area contributed by atoms with Crippen LogP contribution in [0, 0.1) is 0 Å². The fourth-order valence-corrected chi connectivity index (χ4v) is 1.65. The fourth-order valence-electron chi connectivity index (χ4n) is 1.65. The van der Waals surface area contributed by atoms with Gasteiger partial charge in [-0.2, -0.15) is 0 Å². The molecule has 0 unspecified atom stereocenters. The van der Waals surface area contributed by atoms with Gasteiger partial charge in [-0.3, -0.25) is 14.4 Å². The molecule has 0 aromatic rings. The van der Waals surface area contributed by atoms with Crippen LogP contribution in [-0.4, -0.2) is 60.9 Å². The summed E-state index contributed by atoms with van der Waals surface area (Å²) in [4.78, 5) is 37.2. The van der Waals surface area contributed by atoms with Crippen LogP contribution in [0.3, 0.4) is 0 Å². The molecule has 0 radical (unpaired) electrons. The summed E-state index contributed by atoms with van der Waals surface area (Å²) in [5.41, 5.74) is 0. The first kappa shape index (κ1) is 13.5. The van der Waals surface area contributed by atoms with Crippen LogP contribution in [0.1, 0.15) is 19.8 Å². The Kier molecular flexibility index (Phi) is 4.93. The molecule has 1 fully saturated rings. The lowest BCUT2D eigenvalue weighted by atomic mass is 10.2. The molecule has 96 valence electrons. The molecule has 0 aromatic heterocycles. The van der Waals surface area contributed by atoms with E-state index in [1.165, 1.54) is 12.0 Å². The molecule has 1 rings (SSSR count). The van der Waals surface area contributed by atoms with Crippen molar-refractivity contribution in [1.29, 1.82) is 0 Å². The number of ether oxygens (including phenoxy) is 1. The molecule has 0 atom stereocenters. The normalized spacial score (nSPS) is 16.4. The Labute approximate surface area is 101 Å². The summed E-state index contributed by atoms with van der Waals surface area (Å²) in [6.45, 7) is 3.36. The van der Waals surface area contributed by atoms with E-state index in [2.05, 4.69) is 4.74 Å². The third-order valence-electron chi connectivity index (χ3n) is 2.73. The molecule has 17 heavy (non-hydrogen) atoms. The number of hydrogen-bond acceptors (Lipinski definition) is 4. The van der Waals surface area contributed by atoms with Crippen LogP contribution in [0.15, 0.2) is 0 Å². The van der Waals surface area contributed by atoms with E-state index in [9.17, 15) is 14.4 Å². The quantitative estimate of drug-likeness (QED) is 0.487. The lowest BCUT2D eigenvalue weighted by Gasteiger charge is -2.33. The van der Waals surface area contributed by atoms with Crippen molar-refractivity contribution in [3.8, 4) is 0 Å². The van der Waals surface area contributed by atoms with Crippen molar-refractivity contribution in [2.45, 2.75) is 19.8 Å². The Morgan fingerprint density at radius 3 is 2.41 bits per heavy atom. The maximum absolute atomic E-state index is 11.7. The zero-order valence-corrected chi connectivity index (χ0v) is 10.3. The molecule has 0 N–H and O–H groups in total. The smallest absolute Gasteiger partial charge is 0.325 e. The van der Waals surface area contributed by atoms with Crippen LogP contribution in [0.5, 0.6) is 0 Å². The Hall–Kier alpha value is -1.59. The number of carbonyl (C=O) groups excluding carboxylic acids is 3. The first-order valence-electron chi connectivity index (χ1n) is 5.75. The van der Waals surface area contributed by atoms with Gasteiger partial charge in [0.15, 0.2) is 0 Å². The van der Waals surface area contributed by atoms with Gasteiger partial charge in [-0.1, -0.05) is 13.3 Å². The molecule has 0 aromatic carbocycles. The highest BCUT2D eigenvalue weighted by Crippen LogP contribution is 2.06. The number of nitrogens with zero attached hydrogens (tertiary/aromatic N) is 2. The standard InChI is InChI=1S/C11H18N2O4/c1-3-4-5-12-6-7-13(8-9(14)17-2)11(16)10(12)15/h3-8H2,1-2H3. The van der Waals surface area contributed by atoms with E-state index in [0.29, 0.717) is 19.6 Å². The average Bonchev–Trinajstić information content (AvgIpc) is 2.34. The van der Waals surface area contributed by atoms with Gasteiger partial charge in [0.25, 0.3) is 0 Å². The van der Waals surface area contributed by atoms with Crippen LogP contribution < -0.4 is 0 Å². The van der Waals surface area contributed by atoms with Gasteiger partial charge in [0.2, 0.25) is 0 Å². The van der Waals surface area contributed by atoms with Crippen molar-refractivity contribution in [2.75, 3.05) is 33.3 Å². The van der Waals surface area contributed by atoms with Crippen molar-refractivity contribution in [3.05, 3.63) is 0 Å². The summed E-state index contributed by atoms with van der Waals surface area (Å²) in [7, 11) is 1.26. The van der Waals surface area contributed by atoms with E-state index in [1.807, 2.05) is 6.92 Å². The van der Waals surface area contributed by atoms with Gasteiger partial charge in [0, 0.05) is 19.6 Å². The van der Waals surface area contributed by atoms with Gasteiger partial charge in [0.05, 0.1) is 7.11 Å². The maximum Gasteiger partial charge on any atom is 0.325 e. The van der Waals surface area contributed by atoms with Crippen LogP contribution in [0.2, 0.25) is 0 Å². The number of amides is 2. The SMILES string of the molecule is CCCCN1CCN(CC(=O)OC)C(=O)C1=O. The second-order valence-electron chi connectivity index (χ2n) is 3.95. The number of piperazine rings is 1. The minimum Gasteiger partial charge on any atom is -0.468 e. The van der Waals surface area contributed by atoms with Crippen LogP contribution in [0.25, 0.3) is 0 Å². The van der Waals surface area contributed by atoms with E-state index in [4.69, 9.17) is 0 Å². The minimum absolute atomic E-state index is 0.150. The van der Waals surface area contributed by atoms with Gasteiger partial charge in [-0.05, 0) is 6.42 Å². The second-order valence-corrected chi connectivity index (χ2v) is 3.95. The lowest BCUT2D eigenvalue weighted by Crippen LogP contribution is -2.55. The first-order chi connectivity index (χ1) is 8.10. The topological polar surface area (TPSA) is 66.9 Å². The Balaban J connectivity index is 2.53. The van der Waals surface area contributed by atoms with E-state index in [-0.39, 0.29) is 6.54 Å². The minimum atomic E-state index is -0.613. The third kappa shape index (κ3) is 3.44. The molecule has 6 heteroatoms. The van der Waals surface area contributed by atoms with Crippen molar-refractivity contribution in [1.82, 2.24) is 9.80 Å². The second kappa shape index (κ2) is 6.22. The van der Waals surface area contributed by atoms with E-state index in [0.717, 1.165) is 12.8 Å². The Bertz CT molecular complexity index is 317. The highest BCUT2D eigenvalue weighted by molar-refractivity contribution is 6.35. The monoisotopic (exact) mass is 242 g/mol. The molecule has 1 heterocycles. The Morgan fingerprint density at radius 1 is 1.24 bits per heavy atom. The summed E-state index contributed by atoms with van der Waals surface area (Å²) in [5, 5.41) is 0. The lowest BCUT2D eigenvalue weighted by molar-refractivity contribution is -0.159. The van der Waals surface area contributed by atoms with Crippen molar-refractivity contribution >= 4 is 17.8 Å². The highest BCUT2D eigenvalue weighted by atomic mass is 16.5. The Morgan fingerprint density at radius 2 is 1.82 bits per heavy atom. The summed E-state index contributed by atoms with van der Waals surface area (Å²) < 4.78 is 4.47. The number of hydrogen-bond donors (Lipinski definition) is 0. The number of rotatable bonds is 5. The number of unbranched alkanes of at least 4 members (excludes halogenated alkanes) is 1. The summed E-state index contributed by atoms with van der Waals surface area (Å²) in [5.74, 6) is -1.64. The predicted octanol–water partition coefficient (Wildman–Crippen LogP) is -0.370. The molecule has 1 aliphatic rings. The van der Waals surface area contributed by atoms with Crippen molar-refractivity contribution in [3.63, 3.8) is 0 Å². The predicted molar refractivity (Wildman–Crippen MR) is 60.1 cm³/mol. The zero-order valence-electron chi connectivity index (χ0n) is 10.3. The molecule has 0 spiro atoms. The summed E-state index contributed by atoms with van der Waals surface area (Å²) in [6, 6.07) is 0. The van der Waals surface area contributed by atoms with Gasteiger partial charge in [0.1, 0.15) is 6.54 Å². The van der Waals surface area contributed by atoms with E-state index >= 15 is 0 Å². The van der Waals surface area contributed by atoms with Gasteiger partial charge in [-0.25, -0.2) is 0 Å². The zero-order chi connectivity index (χ0) is 12.8. The van der Waals surface area contributed by atoms with Crippen LogP contribution in [0.4, 0.5) is 0 Å². The molecule has 0 bridgehead atoms. The van der Waals surface area contributed by atoms with Gasteiger partial charge < -0.3 is 14.5 Å². The average molecular weight is 242 g/mol. The van der Waals surface area contributed by atoms with E-state index < -0.39 is 17.8 Å².